The standard InChI is InChI=1S/C6H11N3S/c1-7-6(3-10)5-2-8-4-9-5/h2,4,6-7,10H,3H2,1H3,(H,8,9). The summed E-state index contributed by atoms with van der Waals surface area (Å²) in [5, 5.41) is 3.11. The first kappa shape index (κ1) is 7.63. The maximum atomic E-state index is 4.17. The number of hydrogen-bond acceptors (Lipinski definition) is 3. The number of thiol groups is 1. The number of imidazole rings is 1. The van der Waals surface area contributed by atoms with Crippen molar-refractivity contribution in [2.24, 2.45) is 0 Å². The Balaban J connectivity index is 2.64. The molecule has 1 atom stereocenters. The monoisotopic (exact) mass is 157 g/mol. The predicted octanol–water partition coefficient (Wildman–Crippen LogP) is 0.600. The fraction of sp³-hybridized carbons (Fsp3) is 0.500. The number of hydrogen-bond donors (Lipinski definition) is 3. The van der Waals surface area contributed by atoms with E-state index in [2.05, 4.69) is 27.9 Å². The van der Waals surface area contributed by atoms with Crippen molar-refractivity contribution in [2.75, 3.05) is 12.8 Å². The van der Waals surface area contributed by atoms with Crippen molar-refractivity contribution < 1.29 is 0 Å². The lowest BCUT2D eigenvalue weighted by atomic mass is 10.3. The number of nitrogens with one attached hydrogen (secondary N) is 2. The van der Waals surface area contributed by atoms with Crippen LogP contribution in [0.1, 0.15) is 11.7 Å². The lowest BCUT2D eigenvalue weighted by Crippen LogP contribution is -2.17. The lowest BCUT2D eigenvalue weighted by molar-refractivity contribution is 0.647. The van der Waals surface area contributed by atoms with E-state index in [0.717, 1.165) is 11.4 Å². The smallest absolute Gasteiger partial charge is 0.0922 e. The number of rotatable bonds is 3. The van der Waals surface area contributed by atoms with Crippen LogP contribution in [0.4, 0.5) is 0 Å². The molecule has 0 aromatic carbocycles. The Kier molecular flexibility index (Phi) is 2.77. The van der Waals surface area contributed by atoms with Crippen LogP contribution in [0.3, 0.4) is 0 Å². The van der Waals surface area contributed by atoms with Crippen molar-refractivity contribution in [1.29, 1.82) is 0 Å². The van der Waals surface area contributed by atoms with Gasteiger partial charge in [0.05, 0.1) is 18.1 Å². The maximum Gasteiger partial charge on any atom is 0.0922 e. The highest BCUT2D eigenvalue weighted by molar-refractivity contribution is 7.80. The van der Waals surface area contributed by atoms with E-state index in [1.54, 1.807) is 12.5 Å². The molecule has 56 valence electrons. The van der Waals surface area contributed by atoms with Crippen molar-refractivity contribution in [3.8, 4) is 0 Å². The largest absolute Gasteiger partial charge is 0.347 e. The molecule has 0 fully saturated rings. The quantitative estimate of drug-likeness (QED) is 0.562. The van der Waals surface area contributed by atoms with E-state index in [1.165, 1.54) is 0 Å². The second-order valence-corrected chi connectivity index (χ2v) is 2.40. The van der Waals surface area contributed by atoms with Crippen molar-refractivity contribution in [3.63, 3.8) is 0 Å². The summed E-state index contributed by atoms with van der Waals surface area (Å²) in [5.41, 5.74) is 1.08. The zero-order chi connectivity index (χ0) is 7.40. The van der Waals surface area contributed by atoms with Crippen LogP contribution < -0.4 is 5.32 Å². The van der Waals surface area contributed by atoms with E-state index in [-0.39, 0.29) is 6.04 Å². The predicted molar refractivity (Wildman–Crippen MR) is 44.2 cm³/mol. The van der Waals surface area contributed by atoms with Crippen LogP contribution in [0.5, 0.6) is 0 Å². The molecule has 2 N–H and O–H groups in total. The molecular weight excluding hydrogens is 146 g/mol. The van der Waals surface area contributed by atoms with Crippen LogP contribution in [0, 0.1) is 0 Å². The molecule has 4 heteroatoms. The van der Waals surface area contributed by atoms with Crippen LogP contribution in [0.25, 0.3) is 0 Å². The summed E-state index contributed by atoms with van der Waals surface area (Å²) in [6.45, 7) is 0. The highest BCUT2D eigenvalue weighted by atomic mass is 32.1. The van der Waals surface area contributed by atoms with Gasteiger partial charge < -0.3 is 10.3 Å². The molecular formula is C6H11N3S. The first-order valence-corrected chi connectivity index (χ1v) is 3.78. The van der Waals surface area contributed by atoms with E-state index >= 15 is 0 Å². The average Bonchev–Trinajstić information content (AvgIpc) is 2.43. The van der Waals surface area contributed by atoms with Gasteiger partial charge in [0.25, 0.3) is 0 Å². The van der Waals surface area contributed by atoms with Gasteiger partial charge >= 0.3 is 0 Å². The molecule has 0 aliphatic carbocycles. The Morgan fingerprint density at radius 1 is 1.90 bits per heavy atom. The third-order valence-electron chi connectivity index (χ3n) is 1.43. The van der Waals surface area contributed by atoms with Crippen molar-refractivity contribution >= 4 is 12.6 Å². The minimum atomic E-state index is 0.283. The maximum absolute atomic E-state index is 4.17. The van der Waals surface area contributed by atoms with E-state index in [0.29, 0.717) is 0 Å². The average molecular weight is 157 g/mol. The van der Waals surface area contributed by atoms with Gasteiger partial charge in [0.1, 0.15) is 0 Å². The van der Waals surface area contributed by atoms with E-state index in [1.807, 2.05) is 7.05 Å². The van der Waals surface area contributed by atoms with Crippen LogP contribution in [0.2, 0.25) is 0 Å². The van der Waals surface area contributed by atoms with Crippen molar-refractivity contribution in [1.82, 2.24) is 15.3 Å². The summed E-state index contributed by atoms with van der Waals surface area (Å²) < 4.78 is 0. The van der Waals surface area contributed by atoms with Gasteiger partial charge in [-0.05, 0) is 7.05 Å². The topological polar surface area (TPSA) is 40.7 Å². The normalized spacial score (nSPS) is 13.4. The fourth-order valence-electron chi connectivity index (χ4n) is 0.802. The number of aromatic nitrogens is 2. The van der Waals surface area contributed by atoms with Gasteiger partial charge in [0, 0.05) is 11.9 Å². The van der Waals surface area contributed by atoms with Gasteiger partial charge in [-0.15, -0.1) is 0 Å². The molecule has 0 spiro atoms. The van der Waals surface area contributed by atoms with Crippen LogP contribution in [-0.2, 0) is 0 Å². The SMILES string of the molecule is CNC(CS)c1cnc[nH]1. The Bertz CT molecular complexity index is 169. The molecule has 0 aliphatic rings. The van der Waals surface area contributed by atoms with Gasteiger partial charge in [-0.2, -0.15) is 12.6 Å². The second kappa shape index (κ2) is 3.63. The van der Waals surface area contributed by atoms with E-state index < -0.39 is 0 Å². The van der Waals surface area contributed by atoms with Gasteiger partial charge in [-0.25, -0.2) is 4.98 Å². The summed E-state index contributed by atoms with van der Waals surface area (Å²) in [7, 11) is 1.90. The molecule has 0 saturated heterocycles. The molecule has 0 amide bonds. The molecule has 1 aromatic heterocycles. The first-order valence-electron chi connectivity index (χ1n) is 3.15. The zero-order valence-corrected chi connectivity index (χ0v) is 6.73. The molecule has 3 nitrogen and oxygen atoms in total. The molecule has 10 heavy (non-hydrogen) atoms. The molecule has 1 rings (SSSR count). The lowest BCUT2D eigenvalue weighted by Gasteiger charge is -2.09. The highest BCUT2D eigenvalue weighted by Gasteiger charge is 2.06. The van der Waals surface area contributed by atoms with Gasteiger partial charge in [-0.1, -0.05) is 0 Å². The van der Waals surface area contributed by atoms with E-state index in [4.69, 9.17) is 0 Å². The Morgan fingerprint density at radius 3 is 3.10 bits per heavy atom. The molecule has 0 aliphatic heterocycles. The van der Waals surface area contributed by atoms with Crippen LogP contribution >= 0.6 is 12.6 Å². The third-order valence-corrected chi connectivity index (χ3v) is 1.79. The Labute approximate surface area is 65.7 Å². The van der Waals surface area contributed by atoms with Gasteiger partial charge in [0.15, 0.2) is 0 Å². The summed E-state index contributed by atoms with van der Waals surface area (Å²) in [6.07, 6.45) is 3.47. The molecule has 1 aromatic rings. The summed E-state index contributed by atoms with van der Waals surface area (Å²) in [4.78, 5) is 6.93. The molecule has 1 unspecified atom stereocenters. The zero-order valence-electron chi connectivity index (χ0n) is 5.83. The minimum Gasteiger partial charge on any atom is -0.347 e. The molecule has 0 saturated carbocycles. The molecule has 1 heterocycles. The van der Waals surface area contributed by atoms with Crippen molar-refractivity contribution in [2.45, 2.75) is 6.04 Å². The van der Waals surface area contributed by atoms with Crippen LogP contribution in [-0.4, -0.2) is 22.8 Å². The first-order chi connectivity index (χ1) is 4.88. The van der Waals surface area contributed by atoms with Gasteiger partial charge in [-0.3, -0.25) is 0 Å². The minimum absolute atomic E-state index is 0.283. The van der Waals surface area contributed by atoms with Crippen molar-refractivity contribution in [3.05, 3.63) is 18.2 Å². The number of H-pyrrole nitrogens is 1. The second-order valence-electron chi connectivity index (χ2n) is 2.03. The summed E-state index contributed by atoms with van der Waals surface area (Å²) in [6, 6.07) is 0.283. The Hall–Kier alpha value is -0.480. The summed E-state index contributed by atoms with van der Waals surface area (Å²) in [5.74, 6) is 0.776. The highest BCUT2D eigenvalue weighted by Crippen LogP contribution is 2.08. The van der Waals surface area contributed by atoms with Gasteiger partial charge in [0.2, 0.25) is 0 Å². The molecule has 0 radical (unpaired) electrons. The summed E-state index contributed by atoms with van der Waals surface area (Å²) >= 11 is 4.17. The number of aromatic amines is 1. The molecule has 0 bridgehead atoms. The van der Waals surface area contributed by atoms with E-state index in [9.17, 15) is 0 Å². The van der Waals surface area contributed by atoms with Crippen LogP contribution in [0.15, 0.2) is 12.5 Å². The third kappa shape index (κ3) is 1.52. The fourth-order valence-corrected chi connectivity index (χ4v) is 1.18. The number of nitrogens with zero attached hydrogens (tertiary/aromatic N) is 1. The Morgan fingerprint density at radius 2 is 2.70 bits per heavy atom.